The number of aromatic nitrogens is 6. The van der Waals surface area contributed by atoms with Crippen LogP contribution in [0.25, 0.3) is 21.5 Å². The fourth-order valence-electron chi connectivity index (χ4n) is 8.64. The molecule has 0 fully saturated rings. The molecule has 0 radical (unpaired) electrons. The SMILES string of the molecule is CN(Cc1ccc(C2c3n[nH]c(=O)c4cccc(c34)NC2c2ccccn2)cc1)Cc1cccc(C2Nc3cccc4c(=O)[nH]nc(c34)C2c2ccccc2)n1. The van der Waals surface area contributed by atoms with Crippen LogP contribution in [0.3, 0.4) is 0 Å². The highest BCUT2D eigenvalue weighted by Gasteiger charge is 2.37. The number of hydrogen-bond donors (Lipinski definition) is 4. The Morgan fingerprint density at radius 2 is 1.14 bits per heavy atom. The number of aromatic amines is 2. The van der Waals surface area contributed by atoms with E-state index in [9.17, 15) is 9.59 Å². The van der Waals surface area contributed by atoms with Gasteiger partial charge < -0.3 is 10.6 Å². The molecular weight excluding hydrogens is 699 g/mol. The minimum atomic E-state index is -0.207. The fraction of sp³-hybridized carbons (Fsp3) is 0.156. The molecular formula is C45H37N9O2. The molecule has 4 aromatic carbocycles. The van der Waals surface area contributed by atoms with Gasteiger partial charge in [-0.1, -0.05) is 78.9 Å². The van der Waals surface area contributed by atoms with Crippen molar-refractivity contribution in [2.24, 2.45) is 0 Å². The molecule has 0 saturated heterocycles. The minimum absolute atomic E-state index is 0.169. The number of nitrogens with zero attached hydrogens (tertiary/aromatic N) is 5. The van der Waals surface area contributed by atoms with E-state index in [1.165, 1.54) is 0 Å². The van der Waals surface area contributed by atoms with E-state index in [2.05, 4.69) is 97.6 Å². The Labute approximate surface area is 321 Å². The van der Waals surface area contributed by atoms with E-state index in [1.54, 1.807) is 6.20 Å². The van der Waals surface area contributed by atoms with Crippen LogP contribution in [0.2, 0.25) is 0 Å². The first-order chi connectivity index (χ1) is 27.5. The highest BCUT2D eigenvalue weighted by Crippen LogP contribution is 2.47. The molecule has 0 amide bonds. The second kappa shape index (κ2) is 13.7. The number of benzene rings is 4. The van der Waals surface area contributed by atoms with Gasteiger partial charge in [0.25, 0.3) is 11.1 Å². The second-order valence-corrected chi connectivity index (χ2v) is 14.7. The average molecular weight is 736 g/mol. The first-order valence-corrected chi connectivity index (χ1v) is 18.7. The maximum Gasteiger partial charge on any atom is 0.272 e. The standard InChI is InChI=1S/C45H37N9O2/c1-54(24-26-19-21-28(22-20-26)37-40(34-15-5-6-23-46-34)48-32-16-8-13-30-38(32)43(37)51-53-44(30)55)25-29-12-7-18-35(47-29)41-36(27-10-3-2-4-11-27)42-39-31(45(56)52-50-42)14-9-17-33(39)49-41/h2-23,36-37,40-41,48-49H,24-25H2,1H3,(H,52,56)(H,53,55). The molecule has 8 aromatic rings. The van der Waals surface area contributed by atoms with Crippen molar-refractivity contribution in [3.8, 4) is 0 Å². The van der Waals surface area contributed by atoms with E-state index in [0.29, 0.717) is 23.9 Å². The molecule has 0 bridgehead atoms. The zero-order chi connectivity index (χ0) is 37.8. The molecule has 4 unspecified atom stereocenters. The van der Waals surface area contributed by atoms with Crippen LogP contribution in [0, 0.1) is 0 Å². The van der Waals surface area contributed by atoms with Crippen LogP contribution in [-0.4, -0.2) is 42.3 Å². The maximum atomic E-state index is 12.8. The lowest BCUT2D eigenvalue weighted by atomic mass is 9.81. The predicted octanol–water partition coefficient (Wildman–Crippen LogP) is 7.18. The normalized spacial score (nSPS) is 18.5. The van der Waals surface area contributed by atoms with Crippen LogP contribution in [0.1, 0.15) is 69.1 Å². The Hall–Kier alpha value is -6.98. The number of H-pyrrole nitrogens is 2. The van der Waals surface area contributed by atoms with Crippen molar-refractivity contribution in [1.82, 2.24) is 35.3 Å². The molecule has 0 saturated carbocycles. The number of rotatable bonds is 8. The van der Waals surface area contributed by atoms with E-state index < -0.39 is 0 Å². The van der Waals surface area contributed by atoms with Crippen molar-refractivity contribution in [3.05, 3.63) is 199 Å². The Bertz CT molecular complexity index is 2860. The largest absolute Gasteiger partial charge is 0.375 e. The molecule has 56 heavy (non-hydrogen) atoms. The van der Waals surface area contributed by atoms with E-state index in [1.807, 2.05) is 72.8 Å². The molecule has 11 heteroatoms. The van der Waals surface area contributed by atoms with Gasteiger partial charge in [0.05, 0.1) is 63.2 Å². The Morgan fingerprint density at radius 1 is 0.571 bits per heavy atom. The summed E-state index contributed by atoms with van der Waals surface area (Å²) in [6, 6.07) is 42.2. The Morgan fingerprint density at radius 3 is 1.77 bits per heavy atom. The van der Waals surface area contributed by atoms with Gasteiger partial charge in [0, 0.05) is 41.4 Å². The van der Waals surface area contributed by atoms with Gasteiger partial charge in [-0.15, -0.1) is 0 Å². The quantitative estimate of drug-likeness (QED) is 0.128. The zero-order valence-electron chi connectivity index (χ0n) is 30.5. The summed E-state index contributed by atoms with van der Waals surface area (Å²) in [6.45, 7) is 1.35. The fourth-order valence-corrected chi connectivity index (χ4v) is 8.64. The van der Waals surface area contributed by atoms with Crippen LogP contribution in [0.4, 0.5) is 11.4 Å². The topological polar surface area (TPSA) is 145 Å². The van der Waals surface area contributed by atoms with Crippen LogP contribution in [-0.2, 0) is 13.1 Å². The molecule has 4 atom stereocenters. The van der Waals surface area contributed by atoms with Gasteiger partial charge in [-0.2, -0.15) is 10.2 Å². The maximum absolute atomic E-state index is 12.8. The third-order valence-electron chi connectivity index (χ3n) is 11.1. The van der Waals surface area contributed by atoms with Crippen molar-refractivity contribution >= 4 is 32.9 Å². The van der Waals surface area contributed by atoms with E-state index >= 15 is 0 Å². The van der Waals surface area contributed by atoms with Crippen LogP contribution in [0.5, 0.6) is 0 Å². The first kappa shape index (κ1) is 33.6. The monoisotopic (exact) mass is 735 g/mol. The third kappa shape index (κ3) is 5.80. The average Bonchev–Trinajstić information content (AvgIpc) is 3.24. The molecule has 2 aliphatic heterocycles. The lowest BCUT2D eigenvalue weighted by Gasteiger charge is -2.34. The molecule has 10 rings (SSSR count). The Balaban J connectivity index is 0.918. The molecule has 6 heterocycles. The predicted molar refractivity (Wildman–Crippen MR) is 218 cm³/mol. The summed E-state index contributed by atoms with van der Waals surface area (Å²) < 4.78 is 0. The van der Waals surface area contributed by atoms with Gasteiger partial charge in [0.1, 0.15) is 0 Å². The van der Waals surface area contributed by atoms with E-state index in [0.717, 1.165) is 67.3 Å². The summed E-state index contributed by atoms with van der Waals surface area (Å²) in [5, 5.41) is 25.1. The molecule has 11 nitrogen and oxygen atoms in total. The van der Waals surface area contributed by atoms with Gasteiger partial charge in [0.15, 0.2) is 0 Å². The lowest BCUT2D eigenvalue weighted by Crippen LogP contribution is -2.29. The van der Waals surface area contributed by atoms with Gasteiger partial charge in [-0.25, -0.2) is 10.2 Å². The van der Waals surface area contributed by atoms with Crippen molar-refractivity contribution in [2.75, 3.05) is 17.7 Å². The molecule has 2 aliphatic rings. The van der Waals surface area contributed by atoms with Crippen molar-refractivity contribution in [3.63, 3.8) is 0 Å². The summed E-state index contributed by atoms with van der Waals surface area (Å²) >= 11 is 0. The molecule has 0 aliphatic carbocycles. The van der Waals surface area contributed by atoms with Crippen molar-refractivity contribution in [1.29, 1.82) is 0 Å². The van der Waals surface area contributed by atoms with E-state index in [-0.39, 0.29) is 35.0 Å². The lowest BCUT2D eigenvalue weighted by molar-refractivity contribution is 0.314. The summed E-state index contributed by atoms with van der Waals surface area (Å²) in [4.78, 5) is 37.7. The second-order valence-electron chi connectivity index (χ2n) is 14.7. The summed E-state index contributed by atoms with van der Waals surface area (Å²) in [7, 11) is 2.10. The molecule has 274 valence electrons. The van der Waals surface area contributed by atoms with Crippen molar-refractivity contribution in [2.45, 2.75) is 37.0 Å². The highest BCUT2D eigenvalue weighted by molar-refractivity contribution is 5.98. The van der Waals surface area contributed by atoms with Crippen LogP contribution >= 0.6 is 0 Å². The van der Waals surface area contributed by atoms with Crippen LogP contribution in [0.15, 0.2) is 143 Å². The van der Waals surface area contributed by atoms with Gasteiger partial charge >= 0.3 is 0 Å². The summed E-state index contributed by atoms with van der Waals surface area (Å²) in [6.07, 6.45) is 1.81. The third-order valence-corrected chi connectivity index (χ3v) is 11.1. The molecule has 4 N–H and O–H groups in total. The Kier molecular flexibility index (Phi) is 8.22. The highest BCUT2D eigenvalue weighted by atomic mass is 16.1. The summed E-state index contributed by atoms with van der Waals surface area (Å²) in [5.74, 6) is -0.350. The number of anilines is 2. The number of pyridine rings is 2. The first-order valence-electron chi connectivity index (χ1n) is 18.7. The zero-order valence-corrected chi connectivity index (χ0v) is 30.5. The number of hydrogen-bond acceptors (Lipinski definition) is 9. The van der Waals surface area contributed by atoms with Gasteiger partial charge in [0.2, 0.25) is 0 Å². The summed E-state index contributed by atoms with van der Waals surface area (Å²) in [5.41, 5.74) is 9.09. The minimum Gasteiger partial charge on any atom is -0.375 e. The van der Waals surface area contributed by atoms with Gasteiger partial charge in [-0.3, -0.25) is 24.5 Å². The molecule has 4 aromatic heterocycles. The van der Waals surface area contributed by atoms with Gasteiger partial charge in [-0.05, 0) is 72.3 Å². The number of nitrogens with one attached hydrogen (secondary N) is 4. The molecule has 0 spiro atoms. The van der Waals surface area contributed by atoms with Crippen molar-refractivity contribution < 1.29 is 0 Å². The van der Waals surface area contributed by atoms with E-state index in [4.69, 9.17) is 9.97 Å². The smallest absolute Gasteiger partial charge is 0.272 e. The van der Waals surface area contributed by atoms with Crippen LogP contribution < -0.4 is 21.8 Å².